The number of nitrogens with two attached hydrogens (primary N) is 1. The molecule has 8 heavy (non-hydrogen) atoms. The van der Waals surface area contributed by atoms with E-state index in [9.17, 15) is 0 Å². The van der Waals surface area contributed by atoms with Crippen molar-refractivity contribution in [2.24, 2.45) is 15.7 Å². The fourth-order valence-corrected chi connectivity index (χ4v) is 0.620. The van der Waals surface area contributed by atoms with Crippen molar-refractivity contribution in [3.05, 3.63) is 0 Å². The topological polar surface area (TPSA) is 50.7 Å². The first-order valence-corrected chi connectivity index (χ1v) is 2.67. The molecular formula is C5H9N3. The molecule has 1 rings (SSSR count). The molecule has 0 unspecified atom stereocenters. The van der Waals surface area contributed by atoms with E-state index in [-0.39, 0.29) is 0 Å². The highest BCUT2D eigenvalue weighted by molar-refractivity contribution is 5.96. The normalized spacial score (nSPS) is 16.9. The summed E-state index contributed by atoms with van der Waals surface area (Å²) in [5, 5.41) is 0. The van der Waals surface area contributed by atoms with E-state index in [2.05, 4.69) is 9.98 Å². The molecule has 0 fully saturated rings. The second kappa shape index (κ2) is 2.57. The van der Waals surface area contributed by atoms with Gasteiger partial charge in [-0.05, 0) is 13.0 Å². The van der Waals surface area contributed by atoms with Crippen LogP contribution in [0.15, 0.2) is 9.98 Å². The molecule has 0 radical (unpaired) electrons. The first-order valence-electron chi connectivity index (χ1n) is 2.67. The molecule has 0 aromatic rings. The van der Waals surface area contributed by atoms with Gasteiger partial charge < -0.3 is 5.73 Å². The van der Waals surface area contributed by atoms with Crippen LogP contribution >= 0.6 is 0 Å². The van der Waals surface area contributed by atoms with E-state index in [0.717, 1.165) is 18.7 Å². The fourth-order valence-electron chi connectivity index (χ4n) is 0.620. The van der Waals surface area contributed by atoms with Crippen LogP contribution in [-0.4, -0.2) is 25.1 Å². The van der Waals surface area contributed by atoms with E-state index in [1.807, 2.05) is 0 Å². The molecule has 3 heteroatoms. The molecule has 1 aliphatic rings. The van der Waals surface area contributed by atoms with Crippen LogP contribution in [0.5, 0.6) is 0 Å². The average molecular weight is 111 g/mol. The molecule has 0 aromatic heterocycles. The van der Waals surface area contributed by atoms with Gasteiger partial charge in [-0.3, -0.25) is 4.99 Å². The Morgan fingerprint density at radius 2 is 2.62 bits per heavy atom. The van der Waals surface area contributed by atoms with Gasteiger partial charge in [-0.1, -0.05) is 0 Å². The molecule has 3 nitrogen and oxygen atoms in total. The maximum Gasteiger partial charge on any atom is 0.110 e. The summed E-state index contributed by atoms with van der Waals surface area (Å²) in [6.07, 6.45) is 2.48. The Morgan fingerprint density at radius 1 is 1.75 bits per heavy atom. The summed E-state index contributed by atoms with van der Waals surface area (Å²) in [5.41, 5.74) is 6.38. The number of hydrogen-bond acceptors (Lipinski definition) is 3. The number of hydrogen-bond donors (Lipinski definition) is 1. The summed E-state index contributed by atoms with van der Waals surface area (Å²) < 4.78 is 0. The van der Waals surface area contributed by atoms with Crippen LogP contribution < -0.4 is 5.73 Å². The smallest absolute Gasteiger partial charge is 0.110 e. The zero-order valence-corrected chi connectivity index (χ0v) is 4.67. The quantitative estimate of drug-likeness (QED) is 0.528. The summed E-state index contributed by atoms with van der Waals surface area (Å²) in [7, 11) is 0. The number of aliphatic imine (C=N–C) groups is 2. The van der Waals surface area contributed by atoms with Crippen molar-refractivity contribution in [1.82, 2.24) is 0 Å². The third-order valence-electron chi connectivity index (χ3n) is 1.03. The Morgan fingerprint density at radius 3 is 3.12 bits per heavy atom. The van der Waals surface area contributed by atoms with Crippen LogP contribution in [0.4, 0.5) is 0 Å². The van der Waals surface area contributed by atoms with E-state index in [4.69, 9.17) is 5.73 Å². The summed E-state index contributed by atoms with van der Waals surface area (Å²) >= 11 is 0. The van der Waals surface area contributed by atoms with Gasteiger partial charge in [0.05, 0.1) is 6.54 Å². The minimum Gasteiger partial charge on any atom is -0.330 e. The summed E-state index contributed by atoms with van der Waals surface area (Å²) in [6, 6.07) is 0. The minimum absolute atomic E-state index is 0.683. The van der Waals surface area contributed by atoms with Crippen LogP contribution in [0.3, 0.4) is 0 Å². The van der Waals surface area contributed by atoms with E-state index in [1.165, 1.54) is 0 Å². The van der Waals surface area contributed by atoms with Gasteiger partial charge in [0.2, 0.25) is 0 Å². The monoisotopic (exact) mass is 111 g/mol. The van der Waals surface area contributed by atoms with Crippen molar-refractivity contribution < 1.29 is 0 Å². The predicted molar refractivity (Wildman–Crippen MR) is 34.5 cm³/mol. The van der Waals surface area contributed by atoms with Gasteiger partial charge in [0, 0.05) is 5.71 Å². The molecule has 0 aliphatic carbocycles. The van der Waals surface area contributed by atoms with E-state index in [1.54, 1.807) is 6.34 Å². The zero-order valence-electron chi connectivity index (χ0n) is 4.67. The maximum absolute atomic E-state index is 5.27. The number of nitrogens with zero attached hydrogens (tertiary/aromatic N) is 2. The van der Waals surface area contributed by atoms with Crippen molar-refractivity contribution >= 4 is 12.1 Å². The lowest BCUT2D eigenvalue weighted by Gasteiger charge is -1.90. The largest absolute Gasteiger partial charge is 0.330 e. The lowest BCUT2D eigenvalue weighted by atomic mass is 10.3. The Bertz CT molecular complexity index is 126. The molecule has 2 N–H and O–H groups in total. The molecule has 0 bridgehead atoms. The molecule has 0 atom stereocenters. The molecule has 0 amide bonds. The molecule has 0 aromatic carbocycles. The Hall–Kier alpha value is -0.700. The van der Waals surface area contributed by atoms with Gasteiger partial charge in [-0.15, -0.1) is 0 Å². The van der Waals surface area contributed by atoms with E-state index in [0.29, 0.717) is 6.54 Å². The highest BCUT2D eigenvalue weighted by Crippen LogP contribution is 1.90. The maximum atomic E-state index is 5.27. The molecule has 44 valence electrons. The summed E-state index contributed by atoms with van der Waals surface area (Å²) in [4.78, 5) is 7.87. The van der Waals surface area contributed by atoms with E-state index >= 15 is 0 Å². The third kappa shape index (κ3) is 1.13. The highest BCUT2D eigenvalue weighted by Gasteiger charge is 1.98. The lowest BCUT2D eigenvalue weighted by molar-refractivity contribution is 1.03. The first-order chi connectivity index (χ1) is 3.93. The number of rotatable bonds is 2. The SMILES string of the molecule is NCCC1=NC=NC1. The van der Waals surface area contributed by atoms with Crippen molar-refractivity contribution in [2.75, 3.05) is 13.1 Å². The lowest BCUT2D eigenvalue weighted by Crippen LogP contribution is -2.08. The standard InChI is InChI=1S/C5H9N3/c6-2-1-5-3-7-4-8-5/h4H,1-3,6H2. The van der Waals surface area contributed by atoms with Gasteiger partial charge in [-0.2, -0.15) is 0 Å². The molecule has 1 aliphatic heterocycles. The van der Waals surface area contributed by atoms with Crippen molar-refractivity contribution in [3.8, 4) is 0 Å². The molecule has 0 saturated carbocycles. The van der Waals surface area contributed by atoms with Crippen LogP contribution in [-0.2, 0) is 0 Å². The van der Waals surface area contributed by atoms with Gasteiger partial charge in [0.1, 0.15) is 6.34 Å². The van der Waals surface area contributed by atoms with Crippen LogP contribution in [0.25, 0.3) is 0 Å². The minimum atomic E-state index is 0.683. The fraction of sp³-hybridized carbons (Fsp3) is 0.600. The summed E-state index contributed by atoms with van der Waals surface area (Å²) in [5.74, 6) is 0. The zero-order chi connectivity index (χ0) is 5.82. The van der Waals surface area contributed by atoms with Crippen molar-refractivity contribution in [1.29, 1.82) is 0 Å². The van der Waals surface area contributed by atoms with E-state index < -0.39 is 0 Å². The van der Waals surface area contributed by atoms with Crippen molar-refractivity contribution in [3.63, 3.8) is 0 Å². The Labute approximate surface area is 48.3 Å². The van der Waals surface area contributed by atoms with Gasteiger partial charge in [0.25, 0.3) is 0 Å². The average Bonchev–Trinajstić information content (AvgIpc) is 2.19. The van der Waals surface area contributed by atoms with Gasteiger partial charge in [-0.25, -0.2) is 4.99 Å². The Balaban J connectivity index is 2.28. The van der Waals surface area contributed by atoms with Crippen LogP contribution in [0, 0.1) is 0 Å². The Kier molecular flexibility index (Phi) is 1.75. The van der Waals surface area contributed by atoms with Crippen LogP contribution in [0.2, 0.25) is 0 Å². The molecule has 1 heterocycles. The third-order valence-corrected chi connectivity index (χ3v) is 1.03. The second-order valence-corrected chi connectivity index (χ2v) is 1.69. The van der Waals surface area contributed by atoms with Gasteiger partial charge >= 0.3 is 0 Å². The predicted octanol–water partition coefficient (Wildman–Crippen LogP) is -0.182. The molecule has 0 saturated heterocycles. The van der Waals surface area contributed by atoms with Crippen LogP contribution in [0.1, 0.15) is 6.42 Å². The second-order valence-electron chi connectivity index (χ2n) is 1.69. The summed E-state index contributed by atoms with van der Waals surface area (Å²) in [6.45, 7) is 1.44. The molecular weight excluding hydrogens is 102 g/mol. The molecule has 0 spiro atoms. The first kappa shape index (κ1) is 5.44. The van der Waals surface area contributed by atoms with Gasteiger partial charge in [0.15, 0.2) is 0 Å². The highest BCUT2D eigenvalue weighted by atomic mass is 14.9. The van der Waals surface area contributed by atoms with Crippen molar-refractivity contribution in [2.45, 2.75) is 6.42 Å².